The molecule has 1 aromatic carbocycles. The lowest BCUT2D eigenvalue weighted by Gasteiger charge is -2.36. The molecule has 6 nitrogen and oxygen atoms in total. The van der Waals surface area contributed by atoms with E-state index in [1.165, 1.54) is 6.07 Å². The molecule has 1 saturated heterocycles. The van der Waals surface area contributed by atoms with Gasteiger partial charge < -0.3 is 10.6 Å². The molecule has 2 heterocycles. The van der Waals surface area contributed by atoms with Crippen LogP contribution in [0.3, 0.4) is 0 Å². The number of aromatic nitrogens is 2. The normalized spacial score (nSPS) is 16.5. The summed E-state index contributed by atoms with van der Waals surface area (Å²) in [5.74, 6) is 0.442. The highest BCUT2D eigenvalue weighted by atomic mass is 19.1. The van der Waals surface area contributed by atoms with Gasteiger partial charge in [0, 0.05) is 74.7 Å². The minimum atomic E-state index is -0.286. The largest absolute Gasteiger partial charge is 0.402 e. The molecule has 0 amide bonds. The zero-order valence-corrected chi connectivity index (χ0v) is 16.5. The van der Waals surface area contributed by atoms with Crippen LogP contribution in [-0.4, -0.2) is 60.4 Å². The molecule has 0 radical (unpaired) electrons. The molecule has 2 N–H and O–H groups in total. The molecular formula is C21H27FN6. The third-order valence-electron chi connectivity index (χ3n) is 4.81. The Morgan fingerprint density at radius 2 is 1.89 bits per heavy atom. The van der Waals surface area contributed by atoms with Crippen molar-refractivity contribution in [3.05, 3.63) is 53.7 Å². The van der Waals surface area contributed by atoms with Crippen LogP contribution in [0.4, 0.5) is 10.2 Å². The van der Waals surface area contributed by atoms with Crippen LogP contribution in [0.2, 0.25) is 0 Å². The number of aliphatic imine (C=N–C) groups is 1. The van der Waals surface area contributed by atoms with Gasteiger partial charge in [-0.25, -0.2) is 9.37 Å². The Hall–Kier alpha value is -2.80. The summed E-state index contributed by atoms with van der Waals surface area (Å²) in [4.78, 5) is 17.8. The Balaban J connectivity index is 1.72. The molecule has 1 fully saturated rings. The van der Waals surface area contributed by atoms with Gasteiger partial charge in [-0.3, -0.25) is 14.9 Å². The molecule has 2 aromatic rings. The van der Waals surface area contributed by atoms with E-state index in [9.17, 15) is 4.39 Å². The maximum Gasteiger partial charge on any atom is 0.155 e. The molecule has 3 rings (SSSR count). The van der Waals surface area contributed by atoms with Crippen LogP contribution in [0.25, 0.3) is 11.3 Å². The summed E-state index contributed by atoms with van der Waals surface area (Å²) in [5, 5.41) is 0. The molecule has 0 saturated carbocycles. The first-order valence-corrected chi connectivity index (χ1v) is 9.58. The molecule has 0 unspecified atom stereocenters. The predicted molar refractivity (Wildman–Crippen MR) is 112 cm³/mol. The number of rotatable bonds is 6. The monoisotopic (exact) mass is 382 g/mol. The van der Waals surface area contributed by atoms with Crippen molar-refractivity contribution in [3.63, 3.8) is 0 Å². The average Bonchev–Trinajstić information content (AvgIpc) is 2.72. The Bertz CT molecular complexity index is 851. The summed E-state index contributed by atoms with van der Waals surface area (Å²) >= 11 is 0. The third kappa shape index (κ3) is 4.72. The van der Waals surface area contributed by atoms with Crippen molar-refractivity contribution >= 4 is 12.0 Å². The van der Waals surface area contributed by atoms with Gasteiger partial charge in [0.25, 0.3) is 0 Å². The van der Waals surface area contributed by atoms with Crippen LogP contribution in [-0.2, 0) is 0 Å². The fourth-order valence-corrected chi connectivity index (χ4v) is 3.23. The van der Waals surface area contributed by atoms with Crippen molar-refractivity contribution in [2.75, 3.05) is 44.2 Å². The van der Waals surface area contributed by atoms with E-state index >= 15 is 0 Å². The van der Waals surface area contributed by atoms with Gasteiger partial charge in [-0.15, -0.1) is 0 Å². The van der Waals surface area contributed by atoms with Crippen LogP contribution < -0.4 is 10.6 Å². The van der Waals surface area contributed by atoms with Gasteiger partial charge in [0.15, 0.2) is 5.82 Å². The Labute approximate surface area is 165 Å². The van der Waals surface area contributed by atoms with E-state index in [2.05, 4.69) is 24.8 Å². The molecule has 1 aromatic heterocycles. The van der Waals surface area contributed by atoms with Crippen LogP contribution >= 0.6 is 0 Å². The van der Waals surface area contributed by atoms with Crippen LogP contribution in [0.5, 0.6) is 0 Å². The molecule has 0 spiro atoms. The van der Waals surface area contributed by atoms with Crippen LogP contribution in [0, 0.1) is 5.82 Å². The quantitative estimate of drug-likeness (QED) is 0.778. The number of nitrogens with zero attached hydrogens (tertiary/aromatic N) is 5. The molecule has 0 atom stereocenters. The Morgan fingerprint density at radius 1 is 1.18 bits per heavy atom. The van der Waals surface area contributed by atoms with Gasteiger partial charge in [0.05, 0.1) is 0 Å². The highest BCUT2D eigenvalue weighted by Crippen LogP contribution is 2.29. The molecule has 0 bridgehead atoms. The summed E-state index contributed by atoms with van der Waals surface area (Å²) in [6, 6.07) is 6.69. The van der Waals surface area contributed by atoms with Crippen molar-refractivity contribution in [1.29, 1.82) is 0 Å². The smallest absolute Gasteiger partial charge is 0.155 e. The fourth-order valence-electron chi connectivity index (χ4n) is 3.23. The van der Waals surface area contributed by atoms with E-state index < -0.39 is 0 Å². The van der Waals surface area contributed by atoms with Crippen molar-refractivity contribution in [2.24, 2.45) is 10.7 Å². The number of allylic oxidation sites excluding steroid dienone is 1. The SMILES string of the molecule is CCN=CC(CN1CCN(c2nccnc2-c2ccccc2F)CC1)=C(C)N. The van der Waals surface area contributed by atoms with Crippen molar-refractivity contribution < 1.29 is 4.39 Å². The second-order valence-corrected chi connectivity index (χ2v) is 6.81. The minimum absolute atomic E-state index is 0.286. The van der Waals surface area contributed by atoms with Gasteiger partial charge >= 0.3 is 0 Å². The lowest BCUT2D eigenvalue weighted by molar-refractivity contribution is 0.280. The fraction of sp³-hybridized carbons (Fsp3) is 0.381. The van der Waals surface area contributed by atoms with Gasteiger partial charge in [0.1, 0.15) is 11.5 Å². The molecular weight excluding hydrogens is 355 g/mol. The highest BCUT2D eigenvalue weighted by molar-refractivity contribution is 5.80. The summed E-state index contributed by atoms with van der Waals surface area (Å²) in [6.07, 6.45) is 5.14. The van der Waals surface area contributed by atoms with Gasteiger partial charge in [0.2, 0.25) is 0 Å². The zero-order valence-electron chi connectivity index (χ0n) is 16.5. The molecule has 1 aliphatic heterocycles. The standard InChI is InChI=1S/C21H27FN6/c1-3-24-14-17(16(2)23)15-27-10-12-28(13-11-27)21-20(25-8-9-26-21)18-6-4-5-7-19(18)22/h4-9,14H,3,10-13,15,23H2,1-2H3. The van der Waals surface area contributed by atoms with E-state index in [-0.39, 0.29) is 5.82 Å². The molecule has 0 aliphatic carbocycles. The highest BCUT2D eigenvalue weighted by Gasteiger charge is 2.22. The van der Waals surface area contributed by atoms with Crippen molar-refractivity contribution in [1.82, 2.24) is 14.9 Å². The van der Waals surface area contributed by atoms with Crippen LogP contribution in [0.15, 0.2) is 52.9 Å². The second kappa shape index (κ2) is 9.41. The van der Waals surface area contributed by atoms with E-state index in [0.29, 0.717) is 11.3 Å². The average molecular weight is 382 g/mol. The summed E-state index contributed by atoms with van der Waals surface area (Å²) < 4.78 is 14.3. The predicted octanol–water partition coefficient (Wildman–Crippen LogP) is 2.73. The molecule has 148 valence electrons. The Kier molecular flexibility index (Phi) is 6.71. The summed E-state index contributed by atoms with van der Waals surface area (Å²) in [7, 11) is 0. The first kappa shape index (κ1) is 19.9. The number of piperazine rings is 1. The first-order chi connectivity index (χ1) is 13.6. The van der Waals surface area contributed by atoms with E-state index in [1.807, 2.05) is 26.1 Å². The maximum atomic E-state index is 14.3. The lowest BCUT2D eigenvalue weighted by atomic mass is 10.1. The number of hydrogen-bond acceptors (Lipinski definition) is 6. The second-order valence-electron chi connectivity index (χ2n) is 6.81. The maximum absolute atomic E-state index is 14.3. The third-order valence-corrected chi connectivity index (χ3v) is 4.81. The van der Waals surface area contributed by atoms with E-state index in [4.69, 9.17) is 5.73 Å². The summed E-state index contributed by atoms with van der Waals surface area (Å²) in [5.41, 5.74) is 8.93. The van der Waals surface area contributed by atoms with Crippen molar-refractivity contribution in [2.45, 2.75) is 13.8 Å². The topological polar surface area (TPSA) is 70.6 Å². The minimum Gasteiger partial charge on any atom is -0.402 e. The van der Waals surface area contributed by atoms with Gasteiger partial charge in [-0.2, -0.15) is 0 Å². The van der Waals surface area contributed by atoms with Gasteiger partial charge in [-0.1, -0.05) is 12.1 Å². The molecule has 7 heteroatoms. The lowest BCUT2D eigenvalue weighted by Crippen LogP contribution is -2.47. The number of hydrogen-bond donors (Lipinski definition) is 1. The van der Waals surface area contributed by atoms with E-state index in [1.54, 1.807) is 24.5 Å². The molecule has 1 aliphatic rings. The van der Waals surface area contributed by atoms with E-state index in [0.717, 1.165) is 56.4 Å². The molecule has 28 heavy (non-hydrogen) atoms. The van der Waals surface area contributed by atoms with Crippen LogP contribution in [0.1, 0.15) is 13.8 Å². The number of nitrogens with two attached hydrogens (primary N) is 1. The number of anilines is 1. The number of halogens is 1. The van der Waals surface area contributed by atoms with Gasteiger partial charge in [-0.05, 0) is 26.0 Å². The van der Waals surface area contributed by atoms with Crippen molar-refractivity contribution in [3.8, 4) is 11.3 Å². The zero-order chi connectivity index (χ0) is 19.9. The number of benzene rings is 1. The Morgan fingerprint density at radius 3 is 2.57 bits per heavy atom. The first-order valence-electron chi connectivity index (χ1n) is 9.58. The summed E-state index contributed by atoms with van der Waals surface area (Å²) in [6.45, 7) is 8.76.